The molecule has 0 aliphatic rings. The fourth-order valence-electron chi connectivity index (χ4n) is 1.50. The summed E-state index contributed by atoms with van der Waals surface area (Å²) in [5, 5.41) is 13.3. The van der Waals surface area contributed by atoms with Gasteiger partial charge in [-0.05, 0) is 18.2 Å². The van der Waals surface area contributed by atoms with Gasteiger partial charge in [0.2, 0.25) is 0 Å². The Labute approximate surface area is 114 Å². The zero-order valence-corrected chi connectivity index (χ0v) is 10.4. The highest BCUT2D eigenvalue weighted by Gasteiger charge is 2.12. The van der Waals surface area contributed by atoms with E-state index in [4.69, 9.17) is 11.6 Å². The summed E-state index contributed by atoms with van der Waals surface area (Å²) >= 11 is 5.89. The molecular formula is C13H9ClN2O3. The van der Waals surface area contributed by atoms with Crippen LogP contribution in [0.1, 0.15) is 10.4 Å². The van der Waals surface area contributed by atoms with Crippen molar-refractivity contribution in [2.75, 3.05) is 5.32 Å². The van der Waals surface area contributed by atoms with Gasteiger partial charge in [-0.1, -0.05) is 29.8 Å². The summed E-state index contributed by atoms with van der Waals surface area (Å²) in [6.07, 6.45) is 0. The van der Waals surface area contributed by atoms with Crippen molar-refractivity contribution in [1.82, 2.24) is 0 Å². The number of benzene rings is 2. The van der Waals surface area contributed by atoms with Crippen LogP contribution in [0.25, 0.3) is 0 Å². The van der Waals surface area contributed by atoms with E-state index in [9.17, 15) is 14.9 Å². The number of non-ortho nitro benzene ring substituents is 1. The summed E-state index contributed by atoms with van der Waals surface area (Å²) in [5.74, 6) is -0.323. The first-order valence-electron chi connectivity index (χ1n) is 5.38. The molecule has 2 aromatic carbocycles. The quantitative estimate of drug-likeness (QED) is 0.688. The van der Waals surface area contributed by atoms with Crippen molar-refractivity contribution in [3.05, 3.63) is 69.2 Å². The maximum atomic E-state index is 11.9. The smallest absolute Gasteiger partial charge is 0.271 e. The van der Waals surface area contributed by atoms with E-state index in [1.165, 1.54) is 18.2 Å². The number of rotatable bonds is 3. The van der Waals surface area contributed by atoms with E-state index >= 15 is 0 Å². The third kappa shape index (κ3) is 3.08. The monoisotopic (exact) mass is 275 g/mol. The van der Waals surface area contributed by atoms with E-state index in [0.29, 0.717) is 11.3 Å². The maximum Gasteiger partial charge on any atom is 0.271 e. The van der Waals surface area contributed by atoms with Crippen LogP contribution in [0.3, 0.4) is 0 Å². The Kier molecular flexibility index (Phi) is 3.77. The number of nitrogens with one attached hydrogen (secondary N) is 1. The Morgan fingerprint density at radius 1 is 1.16 bits per heavy atom. The molecule has 0 unspecified atom stereocenters. The summed E-state index contributed by atoms with van der Waals surface area (Å²) in [4.78, 5) is 21.9. The molecule has 0 fully saturated rings. The van der Waals surface area contributed by atoms with E-state index < -0.39 is 4.92 Å². The zero-order chi connectivity index (χ0) is 13.8. The zero-order valence-electron chi connectivity index (χ0n) is 9.67. The molecular weight excluding hydrogens is 267 g/mol. The molecule has 0 radical (unpaired) electrons. The van der Waals surface area contributed by atoms with Crippen LogP contribution in [-0.2, 0) is 0 Å². The van der Waals surface area contributed by atoms with Crippen LogP contribution in [0.15, 0.2) is 48.5 Å². The lowest BCUT2D eigenvalue weighted by Crippen LogP contribution is -2.11. The second-order valence-corrected chi connectivity index (χ2v) is 4.15. The van der Waals surface area contributed by atoms with Gasteiger partial charge >= 0.3 is 0 Å². The second kappa shape index (κ2) is 5.49. The average Bonchev–Trinajstić information content (AvgIpc) is 2.41. The molecule has 0 spiro atoms. The molecule has 19 heavy (non-hydrogen) atoms. The van der Waals surface area contributed by atoms with Crippen molar-refractivity contribution in [2.45, 2.75) is 0 Å². The molecule has 96 valence electrons. The molecule has 0 bridgehead atoms. The number of hydrogen-bond donors (Lipinski definition) is 1. The van der Waals surface area contributed by atoms with Crippen molar-refractivity contribution < 1.29 is 9.72 Å². The number of nitrogens with zero attached hydrogens (tertiary/aromatic N) is 1. The van der Waals surface area contributed by atoms with Crippen molar-refractivity contribution in [3.63, 3.8) is 0 Å². The van der Waals surface area contributed by atoms with Crippen molar-refractivity contribution in [3.8, 4) is 0 Å². The van der Waals surface area contributed by atoms with Crippen molar-refractivity contribution in [2.24, 2.45) is 0 Å². The standard InChI is InChI=1S/C13H9ClN2O3/c14-11-8-10(16(18)19)6-7-12(11)15-13(17)9-4-2-1-3-5-9/h1-8H,(H,15,17)/i13-1. The number of amides is 1. The number of nitro benzene ring substituents is 1. The molecule has 2 aromatic rings. The number of anilines is 1. The minimum atomic E-state index is -0.547. The number of carbonyl (C=O) groups is 1. The largest absolute Gasteiger partial charge is 0.321 e. The molecule has 0 aliphatic carbocycles. The molecule has 0 aliphatic heterocycles. The highest BCUT2D eigenvalue weighted by Crippen LogP contribution is 2.26. The highest BCUT2D eigenvalue weighted by atomic mass is 35.5. The fraction of sp³-hybridized carbons (Fsp3) is 0. The van der Waals surface area contributed by atoms with Crippen LogP contribution >= 0.6 is 11.6 Å². The van der Waals surface area contributed by atoms with Gasteiger partial charge in [-0.15, -0.1) is 0 Å². The molecule has 0 saturated carbocycles. The third-order valence-electron chi connectivity index (χ3n) is 2.45. The number of halogens is 1. The van der Waals surface area contributed by atoms with Crippen LogP contribution in [0, 0.1) is 10.1 Å². The summed E-state index contributed by atoms with van der Waals surface area (Å²) in [7, 11) is 0. The summed E-state index contributed by atoms with van der Waals surface area (Å²) in [5.41, 5.74) is 0.695. The van der Waals surface area contributed by atoms with Gasteiger partial charge in [0.05, 0.1) is 15.6 Å². The number of nitro groups is 1. The lowest BCUT2D eigenvalue weighted by Gasteiger charge is -2.06. The lowest BCUT2D eigenvalue weighted by molar-refractivity contribution is -0.384. The normalized spacial score (nSPS) is 9.95. The SMILES string of the molecule is O=[11C](Nc1ccc([N+](=O)[O-])cc1Cl)c1ccccc1. The van der Waals surface area contributed by atoms with Crippen LogP contribution in [0.5, 0.6) is 0 Å². The first-order valence-corrected chi connectivity index (χ1v) is 5.76. The Balaban J connectivity index is 2.20. The Hall–Kier alpha value is -2.40. The number of hydrogen-bond acceptors (Lipinski definition) is 3. The topological polar surface area (TPSA) is 72.2 Å². The van der Waals surface area contributed by atoms with Crippen LogP contribution < -0.4 is 5.32 Å². The van der Waals surface area contributed by atoms with Gasteiger partial charge in [0, 0.05) is 17.7 Å². The van der Waals surface area contributed by atoms with E-state index in [-0.39, 0.29) is 16.6 Å². The molecule has 0 heterocycles. The van der Waals surface area contributed by atoms with E-state index in [0.717, 1.165) is 0 Å². The van der Waals surface area contributed by atoms with Gasteiger partial charge in [0.15, 0.2) is 0 Å². The lowest BCUT2D eigenvalue weighted by atomic mass is 9.88. The molecule has 2 rings (SSSR count). The first kappa shape index (κ1) is 13.0. The van der Waals surface area contributed by atoms with Gasteiger partial charge in [0.25, 0.3) is 11.6 Å². The van der Waals surface area contributed by atoms with Gasteiger partial charge < -0.3 is 5.32 Å². The van der Waals surface area contributed by atoms with Gasteiger partial charge in [-0.25, -0.2) is 0 Å². The summed E-state index contributed by atoms with van der Waals surface area (Å²) in [6.45, 7) is 0. The van der Waals surface area contributed by atoms with Gasteiger partial charge in [-0.3, -0.25) is 14.9 Å². The molecule has 0 aromatic heterocycles. The minimum absolute atomic E-state index is 0.122. The summed E-state index contributed by atoms with van der Waals surface area (Å²) < 4.78 is 0. The molecule has 6 heteroatoms. The second-order valence-electron chi connectivity index (χ2n) is 3.74. The maximum absolute atomic E-state index is 11.9. The van der Waals surface area contributed by atoms with Crippen LogP contribution in [0.2, 0.25) is 5.02 Å². The molecule has 5 nitrogen and oxygen atoms in total. The van der Waals surface area contributed by atoms with Crippen molar-refractivity contribution in [1.29, 1.82) is 0 Å². The fourth-order valence-corrected chi connectivity index (χ4v) is 1.72. The predicted octanol–water partition coefficient (Wildman–Crippen LogP) is 3.50. The average molecular weight is 276 g/mol. The molecule has 0 atom stereocenters. The predicted molar refractivity (Wildman–Crippen MR) is 72.5 cm³/mol. The van der Waals surface area contributed by atoms with E-state index in [1.54, 1.807) is 30.3 Å². The van der Waals surface area contributed by atoms with Gasteiger partial charge in [0.1, 0.15) is 0 Å². The Bertz CT molecular complexity index is 629. The Morgan fingerprint density at radius 2 is 1.84 bits per heavy atom. The van der Waals surface area contributed by atoms with E-state index in [2.05, 4.69) is 5.32 Å². The third-order valence-corrected chi connectivity index (χ3v) is 2.76. The highest BCUT2D eigenvalue weighted by molar-refractivity contribution is 6.34. The molecule has 1 N–H and O–H groups in total. The molecule has 1 amide bonds. The van der Waals surface area contributed by atoms with Crippen LogP contribution in [-0.4, -0.2) is 10.8 Å². The van der Waals surface area contributed by atoms with E-state index in [1.807, 2.05) is 0 Å². The first-order chi connectivity index (χ1) is 9.08. The Morgan fingerprint density at radius 3 is 2.42 bits per heavy atom. The van der Waals surface area contributed by atoms with Crippen LogP contribution in [0.4, 0.5) is 11.4 Å². The summed E-state index contributed by atoms with van der Waals surface area (Å²) in [6, 6.07) is 12.5. The molecule has 0 saturated heterocycles. The van der Waals surface area contributed by atoms with Gasteiger partial charge in [-0.2, -0.15) is 0 Å². The van der Waals surface area contributed by atoms with Crippen molar-refractivity contribution >= 4 is 28.9 Å². The number of carbonyl (C=O) groups excluding carboxylic acids is 1. The minimum Gasteiger partial charge on any atom is -0.321 e.